The van der Waals surface area contributed by atoms with Crippen molar-refractivity contribution in [3.63, 3.8) is 0 Å². The number of carboxylic acids is 1. The number of nitrogens with one attached hydrogen (secondary N) is 3. The van der Waals surface area contributed by atoms with Gasteiger partial charge in [-0.15, -0.1) is 29.3 Å². The highest BCUT2D eigenvalue weighted by molar-refractivity contribution is 8.01. The third-order valence-electron chi connectivity index (χ3n) is 6.57. The highest BCUT2D eigenvalue weighted by Gasteiger charge is 2.54. The molecule has 0 radical (unpaired) electrons. The minimum atomic E-state index is -1.34. The molecule has 5 N–H and O–H groups in total. The zero-order chi connectivity index (χ0) is 30.1. The van der Waals surface area contributed by atoms with Gasteiger partial charge in [-0.25, -0.2) is 9.48 Å². The van der Waals surface area contributed by atoms with Crippen LogP contribution in [-0.4, -0.2) is 86.9 Å². The Morgan fingerprint density at radius 1 is 1.23 bits per heavy atom. The lowest BCUT2D eigenvalue weighted by molar-refractivity contribution is -0.151. The zero-order valence-electron chi connectivity index (χ0n) is 22.5. The van der Waals surface area contributed by atoms with Crippen molar-refractivity contribution < 1.29 is 29.4 Å². The lowest BCUT2D eigenvalue weighted by Gasteiger charge is -2.49. The molecule has 2 aliphatic heterocycles. The lowest BCUT2D eigenvalue weighted by atomic mass is 10.0. The second-order valence-electron chi connectivity index (χ2n) is 9.42. The number of fused-ring (bicyclic) bond motifs is 1. The molecule has 0 bridgehead atoms. The molecule has 18 heteroatoms. The number of hydrogen-bond donors (Lipinski definition) is 5. The van der Waals surface area contributed by atoms with Crippen LogP contribution in [-0.2, 0) is 21.4 Å². The normalized spacial score (nSPS) is 18.2. The van der Waals surface area contributed by atoms with E-state index in [1.54, 1.807) is 14.0 Å². The van der Waals surface area contributed by atoms with Crippen LogP contribution in [0.15, 0.2) is 57.7 Å². The molecule has 1 saturated heterocycles. The Bertz CT molecular complexity index is 1680. The van der Waals surface area contributed by atoms with E-state index < -0.39 is 46.6 Å². The average molecular weight is 649 g/mol. The smallest absolute Gasteiger partial charge is 0.352 e. The number of pyridine rings is 1. The molecular formula is C25H25ClN8O7S2. The highest BCUT2D eigenvalue weighted by Crippen LogP contribution is 2.41. The molecule has 1 aromatic carbocycles. The van der Waals surface area contributed by atoms with Crippen LogP contribution in [0.2, 0.25) is 0 Å². The summed E-state index contributed by atoms with van der Waals surface area (Å²) >= 11 is 2.52. The molecule has 3 atom stereocenters. The summed E-state index contributed by atoms with van der Waals surface area (Å²) in [5.74, 6) is -3.02. The van der Waals surface area contributed by atoms with Gasteiger partial charge in [-0.2, -0.15) is 0 Å². The Kier molecular flexibility index (Phi) is 9.46. The molecule has 3 aromatic rings. The van der Waals surface area contributed by atoms with Crippen molar-refractivity contribution in [2.45, 2.75) is 29.5 Å². The average Bonchev–Trinajstić information content (AvgIpc) is 3.37. The van der Waals surface area contributed by atoms with Gasteiger partial charge in [0.2, 0.25) is 11.1 Å². The number of aryl methyl sites for hydroxylation is 2. The molecule has 43 heavy (non-hydrogen) atoms. The monoisotopic (exact) mass is 648 g/mol. The standard InChI is InChI=1S/C25H24N8O7S2.ClH/c1-11-7-16(35)15(8-26-11)20(36)27-17(12-3-5-14(34)6-4-12)21(37)28-18-22(38)33-19(24(39)40)13(9-41-23(18)33)10-42-25-29-30-31-32(25)2;/h3-8,17-18,23,34H,9-10H2,1-2H3,(H,26,35)(H,27,36)(H,28,37)(H,39,40);1H/t17?,18-,23-;/m1./s1. The fourth-order valence-corrected chi connectivity index (χ4v) is 6.79. The first kappa shape index (κ1) is 31.6. The van der Waals surface area contributed by atoms with Crippen LogP contribution in [0.3, 0.4) is 0 Å². The van der Waals surface area contributed by atoms with Crippen LogP contribution in [0.25, 0.3) is 0 Å². The molecule has 4 heterocycles. The SMILES string of the molecule is Cc1cc(=O)c(C(=O)NC(C(=O)N[C@@H]2C(=O)N3C(C(=O)O)=C(CSc4nnnn4C)CS[C@H]23)c2ccc(O)cc2)c[nH]1.Cl. The number of aliphatic carboxylic acids is 1. The first-order valence-electron chi connectivity index (χ1n) is 12.4. The molecule has 0 spiro atoms. The number of carbonyl (C=O) groups is 4. The predicted molar refractivity (Wildman–Crippen MR) is 157 cm³/mol. The van der Waals surface area contributed by atoms with Crippen LogP contribution in [0, 0.1) is 6.92 Å². The van der Waals surface area contributed by atoms with E-state index in [-0.39, 0.29) is 46.5 Å². The quantitative estimate of drug-likeness (QED) is 0.157. The van der Waals surface area contributed by atoms with Crippen molar-refractivity contribution in [2.24, 2.45) is 7.05 Å². The molecule has 5 rings (SSSR count). The van der Waals surface area contributed by atoms with Gasteiger partial charge in [0, 0.05) is 36.5 Å². The number of thioether (sulfide) groups is 2. The number of aromatic hydroxyl groups is 1. The number of halogens is 1. The number of aromatic nitrogens is 5. The van der Waals surface area contributed by atoms with Crippen LogP contribution >= 0.6 is 35.9 Å². The Labute approximate surface area is 257 Å². The van der Waals surface area contributed by atoms with Crippen LogP contribution in [0.5, 0.6) is 5.75 Å². The topological polar surface area (TPSA) is 212 Å². The third-order valence-corrected chi connectivity index (χ3v) is 9.01. The maximum absolute atomic E-state index is 13.5. The van der Waals surface area contributed by atoms with E-state index in [1.165, 1.54) is 64.7 Å². The number of hydrogen-bond acceptors (Lipinski definition) is 11. The minimum Gasteiger partial charge on any atom is -0.508 e. The fourth-order valence-electron chi connectivity index (χ4n) is 4.45. The van der Waals surface area contributed by atoms with E-state index in [0.29, 0.717) is 16.4 Å². The molecule has 0 saturated carbocycles. The molecular weight excluding hydrogens is 624 g/mol. The molecule has 2 aliphatic rings. The number of carboxylic acid groups (broad SMARTS) is 1. The van der Waals surface area contributed by atoms with Crippen molar-refractivity contribution in [2.75, 3.05) is 11.5 Å². The number of amides is 3. The van der Waals surface area contributed by atoms with Crippen LogP contribution in [0.1, 0.15) is 27.7 Å². The highest BCUT2D eigenvalue weighted by atomic mass is 35.5. The summed E-state index contributed by atoms with van der Waals surface area (Å²) in [6.07, 6.45) is 1.24. The van der Waals surface area contributed by atoms with Crippen LogP contribution in [0.4, 0.5) is 0 Å². The summed E-state index contributed by atoms with van der Waals surface area (Å²) in [5, 5.41) is 35.8. The van der Waals surface area contributed by atoms with Crippen molar-refractivity contribution in [1.29, 1.82) is 0 Å². The third kappa shape index (κ3) is 6.37. The summed E-state index contributed by atoms with van der Waals surface area (Å²) in [5.41, 5.74) is 0.417. The van der Waals surface area contributed by atoms with Gasteiger partial charge in [0.1, 0.15) is 34.5 Å². The van der Waals surface area contributed by atoms with Gasteiger partial charge in [-0.05, 0) is 40.6 Å². The van der Waals surface area contributed by atoms with E-state index in [0.717, 1.165) is 4.90 Å². The number of benzene rings is 1. The lowest BCUT2D eigenvalue weighted by Crippen LogP contribution is -2.71. The molecule has 0 aliphatic carbocycles. The van der Waals surface area contributed by atoms with E-state index in [1.807, 2.05) is 0 Å². The summed E-state index contributed by atoms with van der Waals surface area (Å²) in [6.45, 7) is 1.65. The first-order chi connectivity index (χ1) is 20.0. The van der Waals surface area contributed by atoms with Crippen LogP contribution < -0.4 is 16.1 Å². The number of β-lactam (4-membered cyclic amide) rings is 1. The van der Waals surface area contributed by atoms with E-state index in [2.05, 4.69) is 31.1 Å². The zero-order valence-corrected chi connectivity index (χ0v) is 25.0. The second-order valence-corrected chi connectivity index (χ2v) is 11.5. The van der Waals surface area contributed by atoms with Crippen molar-refractivity contribution in [3.05, 3.63) is 74.8 Å². The van der Waals surface area contributed by atoms with Gasteiger partial charge < -0.3 is 25.8 Å². The number of carbonyl (C=O) groups excluding carboxylic acids is 3. The maximum atomic E-state index is 13.5. The molecule has 1 fully saturated rings. The maximum Gasteiger partial charge on any atom is 0.352 e. The van der Waals surface area contributed by atoms with Gasteiger partial charge in [0.25, 0.3) is 11.8 Å². The number of tetrazole rings is 1. The molecule has 15 nitrogen and oxygen atoms in total. The number of phenols is 1. The Morgan fingerprint density at radius 2 is 1.95 bits per heavy atom. The molecule has 226 valence electrons. The predicted octanol–water partition coefficient (Wildman–Crippen LogP) is 0.336. The first-order valence-corrected chi connectivity index (χ1v) is 14.4. The largest absolute Gasteiger partial charge is 0.508 e. The van der Waals surface area contributed by atoms with Gasteiger partial charge in [-0.1, -0.05) is 23.9 Å². The van der Waals surface area contributed by atoms with Gasteiger partial charge in [0.05, 0.1) is 0 Å². The van der Waals surface area contributed by atoms with Crippen molar-refractivity contribution in [1.82, 2.24) is 40.7 Å². The molecule has 3 amide bonds. The number of H-pyrrole nitrogens is 1. The number of aromatic amines is 1. The van der Waals surface area contributed by atoms with E-state index in [4.69, 9.17) is 0 Å². The Hall–Kier alpha value is -4.35. The van der Waals surface area contributed by atoms with E-state index in [9.17, 15) is 34.2 Å². The number of nitrogens with zero attached hydrogens (tertiary/aromatic N) is 5. The van der Waals surface area contributed by atoms with Gasteiger partial charge in [0.15, 0.2) is 5.43 Å². The van der Waals surface area contributed by atoms with Gasteiger partial charge in [-0.3, -0.25) is 24.1 Å². The Morgan fingerprint density at radius 3 is 2.58 bits per heavy atom. The summed E-state index contributed by atoms with van der Waals surface area (Å²) in [4.78, 5) is 68.1. The van der Waals surface area contributed by atoms with E-state index >= 15 is 0 Å². The molecule has 1 unspecified atom stereocenters. The van der Waals surface area contributed by atoms with Crippen molar-refractivity contribution in [3.8, 4) is 5.75 Å². The second kappa shape index (κ2) is 12.9. The minimum absolute atomic E-state index is 0. The molecule has 2 aromatic heterocycles. The summed E-state index contributed by atoms with van der Waals surface area (Å²) < 4.78 is 1.45. The van der Waals surface area contributed by atoms with Gasteiger partial charge >= 0.3 is 5.97 Å². The van der Waals surface area contributed by atoms with Crippen molar-refractivity contribution >= 4 is 59.6 Å². The number of phenolic OH excluding ortho intramolecular Hbond substituents is 1. The number of rotatable bonds is 9. The summed E-state index contributed by atoms with van der Waals surface area (Å²) in [6, 6.07) is 4.35. The fraction of sp³-hybridized carbons (Fsp3) is 0.280. The summed E-state index contributed by atoms with van der Waals surface area (Å²) in [7, 11) is 1.65. The Balaban J connectivity index is 0.00000423.